The van der Waals surface area contributed by atoms with E-state index < -0.39 is 0 Å². The van der Waals surface area contributed by atoms with Crippen molar-refractivity contribution in [2.45, 2.75) is 0 Å². The van der Waals surface area contributed by atoms with Gasteiger partial charge in [-0.15, -0.1) is 0 Å². The van der Waals surface area contributed by atoms with Crippen molar-refractivity contribution in [1.29, 1.82) is 0 Å². The predicted octanol–water partition coefficient (Wildman–Crippen LogP) is 4.30. The van der Waals surface area contributed by atoms with E-state index in [0.717, 1.165) is 0 Å². The summed E-state index contributed by atoms with van der Waals surface area (Å²) < 4.78 is 0. The maximum Gasteiger partial charge on any atom is 0.0780 e. The van der Waals surface area contributed by atoms with E-state index in [4.69, 9.17) is 40.3 Å². The molecular formula is C6H2Cl3N2-. The maximum atomic E-state index is 8.34. The summed E-state index contributed by atoms with van der Waals surface area (Å²) in [4.78, 5) is 0. The average molecular weight is 208 g/mol. The molecule has 0 spiro atoms. The molecule has 0 aliphatic carbocycles. The Kier molecular flexibility index (Phi) is 2.71. The fraction of sp³-hybridized carbons (Fsp3) is 0. The second-order valence-corrected chi connectivity index (χ2v) is 3.02. The molecule has 1 aromatic rings. The van der Waals surface area contributed by atoms with Gasteiger partial charge in [-0.3, -0.25) is 0 Å². The molecule has 0 aromatic heterocycles. The quantitative estimate of drug-likeness (QED) is 0.487. The van der Waals surface area contributed by atoms with Crippen LogP contribution in [0, 0.1) is 0 Å². The Labute approximate surface area is 78.6 Å². The van der Waals surface area contributed by atoms with Crippen LogP contribution in [0.25, 0.3) is 5.53 Å². The summed E-state index contributed by atoms with van der Waals surface area (Å²) in [5, 5.41) is 3.71. The van der Waals surface area contributed by atoms with Gasteiger partial charge in [-0.25, -0.2) is 0 Å². The first kappa shape index (κ1) is 8.78. The second-order valence-electron chi connectivity index (χ2n) is 1.82. The number of benzene rings is 1. The summed E-state index contributed by atoms with van der Waals surface area (Å²) in [7, 11) is 0. The van der Waals surface area contributed by atoms with E-state index in [9.17, 15) is 0 Å². The van der Waals surface area contributed by atoms with Crippen molar-refractivity contribution in [2.24, 2.45) is 5.11 Å². The fourth-order valence-electron chi connectivity index (χ4n) is 0.600. The van der Waals surface area contributed by atoms with Crippen LogP contribution in [0.1, 0.15) is 0 Å². The van der Waals surface area contributed by atoms with Crippen LogP contribution in [-0.4, -0.2) is 0 Å². The van der Waals surface area contributed by atoms with Crippen molar-refractivity contribution < 1.29 is 0 Å². The van der Waals surface area contributed by atoms with Crippen LogP contribution in [0.4, 0.5) is 5.69 Å². The molecule has 0 aliphatic heterocycles. The molecule has 0 saturated carbocycles. The highest BCUT2D eigenvalue weighted by Crippen LogP contribution is 2.33. The van der Waals surface area contributed by atoms with E-state index in [2.05, 4.69) is 5.11 Å². The van der Waals surface area contributed by atoms with Gasteiger partial charge in [0.1, 0.15) is 0 Å². The van der Waals surface area contributed by atoms with E-state index >= 15 is 0 Å². The molecule has 58 valence electrons. The molecule has 0 N–H and O–H groups in total. The number of halogens is 3. The molecule has 0 bridgehead atoms. The lowest BCUT2D eigenvalue weighted by molar-refractivity contribution is 1.50. The molecule has 0 atom stereocenters. The van der Waals surface area contributed by atoms with Crippen LogP contribution in [-0.2, 0) is 0 Å². The van der Waals surface area contributed by atoms with E-state index in [1.165, 1.54) is 12.1 Å². The topological polar surface area (TPSA) is 34.7 Å². The molecule has 0 fully saturated rings. The van der Waals surface area contributed by atoms with Gasteiger partial charge in [0, 0.05) is 5.69 Å². The highest BCUT2D eigenvalue weighted by atomic mass is 35.5. The Balaban J connectivity index is 3.31. The van der Waals surface area contributed by atoms with Gasteiger partial charge in [-0.1, -0.05) is 34.8 Å². The molecule has 0 heterocycles. The van der Waals surface area contributed by atoms with Crippen LogP contribution in [0.3, 0.4) is 0 Å². The molecule has 5 heteroatoms. The number of hydrogen-bond acceptors (Lipinski definition) is 1. The molecule has 11 heavy (non-hydrogen) atoms. The van der Waals surface area contributed by atoms with Crippen molar-refractivity contribution in [2.75, 3.05) is 0 Å². The van der Waals surface area contributed by atoms with Gasteiger partial charge in [-0.2, -0.15) is 0 Å². The first-order chi connectivity index (χ1) is 5.15. The summed E-state index contributed by atoms with van der Waals surface area (Å²) in [6.07, 6.45) is 0. The zero-order valence-electron chi connectivity index (χ0n) is 5.18. The van der Waals surface area contributed by atoms with Crippen molar-refractivity contribution in [3.05, 3.63) is 32.7 Å². The van der Waals surface area contributed by atoms with Crippen LogP contribution in [0.5, 0.6) is 0 Å². The smallest absolute Gasteiger partial charge is 0.0780 e. The predicted molar refractivity (Wildman–Crippen MR) is 46.9 cm³/mol. The summed E-state index contributed by atoms with van der Waals surface area (Å²) in [6.45, 7) is 0. The molecule has 0 amide bonds. The molecule has 2 nitrogen and oxygen atoms in total. The Morgan fingerprint density at radius 2 is 1.55 bits per heavy atom. The Morgan fingerprint density at radius 1 is 1.09 bits per heavy atom. The minimum atomic E-state index is 0.265. The van der Waals surface area contributed by atoms with Crippen LogP contribution in [0.2, 0.25) is 15.1 Å². The summed E-state index contributed by atoms with van der Waals surface area (Å²) in [5.41, 5.74) is 8.62. The van der Waals surface area contributed by atoms with E-state index in [-0.39, 0.29) is 20.8 Å². The Bertz CT molecular complexity index is 275. The average Bonchev–Trinajstić information content (AvgIpc) is 1.99. The third-order valence-corrected chi connectivity index (χ3v) is 2.28. The third kappa shape index (κ3) is 1.83. The highest BCUT2D eigenvalue weighted by molar-refractivity contribution is 6.48. The molecule has 0 saturated heterocycles. The van der Waals surface area contributed by atoms with Crippen molar-refractivity contribution >= 4 is 40.5 Å². The van der Waals surface area contributed by atoms with Gasteiger partial charge in [-0.05, 0) is 12.1 Å². The highest BCUT2D eigenvalue weighted by Gasteiger charge is 2.03. The standard InChI is InChI=1S/C6H2Cl3N2/c7-4-1-3(11-10)2-5(8)6(4)9/h1-2H/q-1. The summed E-state index contributed by atoms with van der Waals surface area (Å²) in [5.74, 6) is 0. The van der Waals surface area contributed by atoms with Crippen molar-refractivity contribution in [3.63, 3.8) is 0 Å². The Hall–Kier alpha value is -0.310. The lowest BCUT2D eigenvalue weighted by Crippen LogP contribution is -1.70. The van der Waals surface area contributed by atoms with Gasteiger partial charge < -0.3 is 10.6 Å². The van der Waals surface area contributed by atoms with Crippen molar-refractivity contribution in [1.82, 2.24) is 0 Å². The van der Waals surface area contributed by atoms with Gasteiger partial charge in [0.25, 0.3) is 0 Å². The minimum Gasteiger partial charge on any atom is -0.706 e. The lowest BCUT2D eigenvalue weighted by atomic mass is 10.3. The minimum absolute atomic E-state index is 0.265. The van der Waals surface area contributed by atoms with E-state index in [1.54, 1.807) is 0 Å². The molecular weight excluding hydrogens is 206 g/mol. The zero-order chi connectivity index (χ0) is 8.43. The third-order valence-electron chi connectivity index (χ3n) is 1.08. The summed E-state index contributed by atoms with van der Waals surface area (Å²) >= 11 is 16.8. The van der Waals surface area contributed by atoms with Gasteiger partial charge >= 0.3 is 0 Å². The monoisotopic (exact) mass is 207 g/mol. The van der Waals surface area contributed by atoms with Crippen LogP contribution >= 0.6 is 34.8 Å². The second kappa shape index (κ2) is 3.39. The zero-order valence-corrected chi connectivity index (χ0v) is 7.45. The number of nitrogens with zero attached hydrogens (tertiary/aromatic N) is 2. The van der Waals surface area contributed by atoms with Crippen LogP contribution < -0.4 is 0 Å². The SMILES string of the molecule is [N-]=Nc1cc(Cl)c(Cl)c(Cl)c1. The van der Waals surface area contributed by atoms with Gasteiger partial charge in [0.2, 0.25) is 0 Å². The first-order valence-electron chi connectivity index (χ1n) is 2.65. The molecule has 1 aromatic carbocycles. The summed E-state index contributed by atoms with van der Waals surface area (Å²) in [6, 6.07) is 2.82. The Morgan fingerprint density at radius 3 is 1.91 bits per heavy atom. The molecule has 0 unspecified atom stereocenters. The van der Waals surface area contributed by atoms with Crippen molar-refractivity contribution in [3.8, 4) is 0 Å². The molecule has 0 aliphatic rings. The normalized spacial score (nSPS) is 9.73. The number of rotatable bonds is 1. The maximum absolute atomic E-state index is 8.34. The van der Waals surface area contributed by atoms with E-state index in [1.807, 2.05) is 0 Å². The van der Waals surface area contributed by atoms with Gasteiger partial charge in [0.15, 0.2) is 0 Å². The largest absolute Gasteiger partial charge is 0.706 e. The molecule has 0 radical (unpaired) electrons. The number of hydrogen-bond donors (Lipinski definition) is 0. The molecule has 1 rings (SSSR count). The lowest BCUT2D eigenvalue weighted by Gasteiger charge is -2.01. The van der Waals surface area contributed by atoms with Gasteiger partial charge in [0.05, 0.1) is 15.1 Å². The first-order valence-corrected chi connectivity index (χ1v) is 3.78. The van der Waals surface area contributed by atoms with E-state index in [0.29, 0.717) is 0 Å². The fourth-order valence-corrected chi connectivity index (χ4v) is 1.18. The van der Waals surface area contributed by atoms with Crippen LogP contribution in [0.15, 0.2) is 17.2 Å².